The molecule has 16 heavy (non-hydrogen) atoms. The molecule has 1 N–H and O–H groups in total. The van der Waals surface area contributed by atoms with E-state index < -0.39 is 0 Å². The molecule has 1 rings (SSSR count). The van der Waals surface area contributed by atoms with Crippen LogP contribution in [-0.4, -0.2) is 24.3 Å². The van der Waals surface area contributed by atoms with E-state index in [-0.39, 0.29) is 5.60 Å². The maximum Gasteiger partial charge on any atom is 0.0707 e. The lowest BCUT2D eigenvalue weighted by Gasteiger charge is -2.21. The molecule has 2 nitrogen and oxygen atoms in total. The molecule has 0 bridgehead atoms. The highest BCUT2D eigenvalue weighted by atomic mass is 16.5. The normalized spacial score (nSPS) is 25.9. The minimum absolute atomic E-state index is 0.109. The summed E-state index contributed by atoms with van der Waals surface area (Å²) in [5.41, 5.74) is 0.109. The minimum atomic E-state index is 0.109. The van der Waals surface area contributed by atoms with E-state index >= 15 is 0 Å². The van der Waals surface area contributed by atoms with E-state index in [9.17, 15) is 0 Å². The van der Waals surface area contributed by atoms with Gasteiger partial charge in [0.15, 0.2) is 0 Å². The van der Waals surface area contributed by atoms with Crippen molar-refractivity contribution in [1.29, 1.82) is 0 Å². The Morgan fingerprint density at radius 2 is 2.12 bits per heavy atom. The van der Waals surface area contributed by atoms with Gasteiger partial charge in [-0.2, -0.15) is 0 Å². The Morgan fingerprint density at radius 3 is 2.69 bits per heavy atom. The third-order valence-electron chi connectivity index (χ3n) is 3.49. The number of hydrogen-bond acceptors (Lipinski definition) is 2. The van der Waals surface area contributed by atoms with E-state index in [0.29, 0.717) is 12.1 Å². The number of nitrogens with one attached hydrogen (secondary N) is 1. The molecule has 0 aliphatic carbocycles. The van der Waals surface area contributed by atoms with Crippen LogP contribution in [0.5, 0.6) is 0 Å². The number of ether oxygens (including phenoxy) is 1. The summed E-state index contributed by atoms with van der Waals surface area (Å²) in [6.07, 6.45) is 8.16. The molecule has 96 valence electrons. The summed E-state index contributed by atoms with van der Waals surface area (Å²) in [5.74, 6) is 0. The van der Waals surface area contributed by atoms with E-state index in [4.69, 9.17) is 4.74 Å². The molecular weight excluding hydrogens is 198 g/mol. The fourth-order valence-electron chi connectivity index (χ4n) is 2.36. The molecule has 0 amide bonds. The molecule has 1 saturated heterocycles. The Hall–Kier alpha value is -0.0800. The van der Waals surface area contributed by atoms with Gasteiger partial charge < -0.3 is 10.1 Å². The summed E-state index contributed by atoms with van der Waals surface area (Å²) in [5, 5.41) is 3.60. The van der Waals surface area contributed by atoms with Crippen molar-refractivity contribution in [1.82, 2.24) is 5.32 Å². The summed E-state index contributed by atoms with van der Waals surface area (Å²) >= 11 is 0. The van der Waals surface area contributed by atoms with Gasteiger partial charge in [-0.1, -0.05) is 26.2 Å². The molecule has 0 radical (unpaired) electrons. The molecule has 0 aromatic rings. The predicted octanol–water partition coefficient (Wildman–Crippen LogP) is 3.50. The lowest BCUT2D eigenvalue weighted by molar-refractivity contribution is -0.0150. The molecule has 0 spiro atoms. The number of hydrogen-bond donors (Lipinski definition) is 1. The van der Waals surface area contributed by atoms with Crippen LogP contribution in [0.2, 0.25) is 0 Å². The summed E-state index contributed by atoms with van der Waals surface area (Å²) in [6.45, 7) is 9.95. The Labute approximate surface area is 101 Å². The van der Waals surface area contributed by atoms with E-state index in [1.165, 1.54) is 38.5 Å². The Balaban J connectivity index is 2.06. The highest BCUT2D eigenvalue weighted by molar-refractivity contribution is 4.82. The second-order valence-electron chi connectivity index (χ2n) is 5.84. The second-order valence-corrected chi connectivity index (χ2v) is 5.84. The monoisotopic (exact) mass is 227 g/mol. The zero-order valence-electron chi connectivity index (χ0n) is 11.5. The third-order valence-corrected chi connectivity index (χ3v) is 3.49. The fourth-order valence-corrected chi connectivity index (χ4v) is 2.36. The maximum atomic E-state index is 5.96. The van der Waals surface area contributed by atoms with Crippen LogP contribution >= 0.6 is 0 Å². The Kier molecular flexibility index (Phi) is 5.77. The lowest BCUT2D eigenvalue weighted by Crippen LogP contribution is -2.34. The molecule has 1 aliphatic heterocycles. The van der Waals surface area contributed by atoms with E-state index in [0.717, 1.165) is 6.54 Å². The van der Waals surface area contributed by atoms with Crippen molar-refractivity contribution in [2.24, 2.45) is 0 Å². The highest BCUT2D eigenvalue weighted by Gasteiger charge is 2.31. The van der Waals surface area contributed by atoms with Gasteiger partial charge in [0.1, 0.15) is 0 Å². The van der Waals surface area contributed by atoms with E-state index in [1.54, 1.807) is 0 Å². The van der Waals surface area contributed by atoms with Gasteiger partial charge in [-0.05, 0) is 40.0 Å². The van der Waals surface area contributed by atoms with Gasteiger partial charge in [0.05, 0.1) is 11.7 Å². The van der Waals surface area contributed by atoms with Crippen molar-refractivity contribution in [2.75, 3.05) is 6.54 Å². The summed E-state index contributed by atoms with van der Waals surface area (Å²) in [6, 6.07) is 0.638. The average molecular weight is 227 g/mol. The quantitative estimate of drug-likeness (QED) is 0.672. The van der Waals surface area contributed by atoms with Crippen molar-refractivity contribution in [3.05, 3.63) is 0 Å². The Morgan fingerprint density at radius 1 is 1.38 bits per heavy atom. The minimum Gasteiger partial charge on any atom is -0.371 e. The summed E-state index contributed by atoms with van der Waals surface area (Å²) < 4.78 is 5.96. The maximum absolute atomic E-state index is 5.96. The SMILES string of the molecule is CCCCCC(C)NCC1CCC(C)(C)O1. The average Bonchev–Trinajstić information content (AvgIpc) is 2.56. The number of rotatable bonds is 7. The summed E-state index contributed by atoms with van der Waals surface area (Å²) in [4.78, 5) is 0. The zero-order valence-corrected chi connectivity index (χ0v) is 11.5. The summed E-state index contributed by atoms with van der Waals surface area (Å²) in [7, 11) is 0. The zero-order chi connectivity index (χ0) is 12.0. The van der Waals surface area contributed by atoms with Gasteiger partial charge in [-0.25, -0.2) is 0 Å². The van der Waals surface area contributed by atoms with Gasteiger partial charge in [0.2, 0.25) is 0 Å². The first-order valence-corrected chi connectivity index (χ1v) is 6.94. The molecule has 2 unspecified atom stereocenters. The molecular formula is C14H29NO. The fraction of sp³-hybridized carbons (Fsp3) is 1.00. The third kappa shape index (κ3) is 5.31. The largest absolute Gasteiger partial charge is 0.371 e. The highest BCUT2D eigenvalue weighted by Crippen LogP contribution is 2.28. The van der Waals surface area contributed by atoms with Crippen LogP contribution in [0, 0.1) is 0 Å². The van der Waals surface area contributed by atoms with Gasteiger partial charge in [0.25, 0.3) is 0 Å². The second kappa shape index (κ2) is 6.61. The Bertz CT molecular complexity index is 191. The first kappa shape index (κ1) is 14.0. The molecule has 2 heteroatoms. The van der Waals surface area contributed by atoms with Crippen molar-refractivity contribution < 1.29 is 4.74 Å². The van der Waals surface area contributed by atoms with Crippen LogP contribution in [0.15, 0.2) is 0 Å². The van der Waals surface area contributed by atoms with Crippen LogP contribution in [0.25, 0.3) is 0 Å². The van der Waals surface area contributed by atoms with Gasteiger partial charge in [0, 0.05) is 12.6 Å². The molecule has 1 fully saturated rings. The van der Waals surface area contributed by atoms with Crippen LogP contribution < -0.4 is 5.32 Å². The van der Waals surface area contributed by atoms with Crippen molar-refractivity contribution >= 4 is 0 Å². The van der Waals surface area contributed by atoms with Gasteiger partial charge in [-0.3, -0.25) is 0 Å². The van der Waals surface area contributed by atoms with Crippen molar-refractivity contribution in [3.63, 3.8) is 0 Å². The standard InChI is InChI=1S/C14H29NO/c1-5-6-7-8-12(2)15-11-13-9-10-14(3,4)16-13/h12-13,15H,5-11H2,1-4H3. The molecule has 1 aliphatic rings. The van der Waals surface area contributed by atoms with Crippen LogP contribution in [0.1, 0.15) is 66.2 Å². The van der Waals surface area contributed by atoms with E-state index in [2.05, 4.69) is 33.0 Å². The lowest BCUT2D eigenvalue weighted by atomic mass is 10.1. The van der Waals surface area contributed by atoms with Gasteiger partial charge >= 0.3 is 0 Å². The predicted molar refractivity (Wildman–Crippen MR) is 69.8 cm³/mol. The molecule has 0 aromatic heterocycles. The van der Waals surface area contributed by atoms with Crippen LogP contribution in [0.4, 0.5) is 0 Å². The van der Waals surface area contributed by atoms with E-state index in [1.807, 2.05) is 0 Å². The van der Waals surface area contributed by atoms with Gasteiger partial charge in [-0.15, -0.1) is 0 Å². The van der Waals surface area contributed by atoms with Crippen LogP contribution in [-0.2, 0) is 4.74 Å². The molecule has 0 aromatic carbocycles. The molecule has 0 saturated carbocycles. The van der Waals surface area contributed by atoms with Crippen LogP contribution in [0.3, 0.4) is 0 Å². The molecule has 1 heterocycles. The molecule has 2 atom stereocenters. The number of unbranched alkanes of at least 4 members (excludes halogenated alkanes) is 2. The first-order chi connectivity index (χ1) is 7.53. The topological polar surface area (TPSA) is 21.3 Å². The first-order valence-electron chi connectivity index (χ1n) is 6.94. The smallest absolute Gasteiger partial charge is 0.0707 e. The van der Waals surface area contributed by atoms with Crippen molar-refractivity contribution in [3.8, 4) is 0 Å². The van der Waals surface area contributed by atoms with Crippen molar-refractivity contribution in [2.45, 2.75) is 84.0 Å².